The van der Waals surface area contributed by atoms with Gasteiger partial charge in [0.05, 0.1) is 11.6 Å². The molecule has 0 spiro atoms. The van der Waals surface area contributed by atoms with Gasteiger partial charge in [-0.2, -0.15) is 5.10 Å². The molecule has 0 aliphatic carbocycles. The summed E-state index contributed by atoms with van der Waals surface area (Å²) in [5.74, 6) is 1.05. The van der Waals surface area contributed by atoms with E-state index in [0.717, 1.165) is 23.4 Å². The van der Waals surface area contributed by atoms with Crippen molar-refractivity contribution < 1.29 is 0 Å². The highest BCUT2D eigenvalue weighted by atomic mass is 15.3. The number of hydrogen-bond acceptors (Lipinski definition) is 4. The van der Waals surface area contributed by atoms with E-state index in [2.05, 4.69) is 40.7 Å². The van der Waals surface area contributed by atoms with Crippen molar-refractivity contribution in [3.8, 4) is 0 Å². The highest BCUT2D eigenvalue weighted by molar-refractivity contribution is 5.86. The molecule has 0 aromatic carbocycles. The van der Waals surface area contributed by atoms with Gasteiger partial charge in [0, 0.05) is 19.6 Å². The van der Waals surface area contributed by atoms with E-state index in [1.54, 1.807) is 6.33 Å². The van der Waals surface area contributed by atoms with Crippen molar-refractivity contribution in [2.24, 2.45) is 12.5 Å². The maximum absolute atomic E-state index is 4.54. The Morgan fingerprint density at radius 2 is 2.10 bits per heavy atom. The fourth-order valence-electron chi connectivity index (χ4n) is 3.21. The van der Waals surface area contributed by atoms with Gasteiger partial charge in [-0.3, -0.25) is 4.68 Å². The first-order valence-corrected chi connectivity index (χ1v) is 7.35. The molecule has 1 aliphatic heterocycles. The Balaban J connectivity index is 1.97. The summed E-state index contributed by atoms with van der Waals surface area (Å²) in [6.07, 6.45) is 7.23. The lowest BCUT2D eigenvalue weighted by Gasteiger charge is -2.31. The fourth-order valence-corrected chi connectivity index (χ4v) is 3.21. The molecule has 20 heavy (non-hydrogen) atoms. The molecule has 0 N–H and O–H groups in total. The van der Waals surface area contributed by atoms with Gasteiger partial charge < -0.3 is 4.90 Å². The number of aromatic nitrogens is 4. The molecule has 5 nitrogen and oxygen atoms in total. The Hall–Kier alpha value is -1.65. The van der Waals surface area contributed by atoms with Crippen LogP contribution in [0.25, 0.3) is 11.0 Å². The smallest absolute Gasteiger partial charge is 0.163 e. The minimum absolute atomic E-state index is 0.342. The highest BCUT2D eigenvalue weighted by Crippen LogP contribution is 2.34. The van der Waals surface area contributed by atoms with Crippen LogP contribution in [-0.4, -0.2) is 32.3 Å². The van der Waals surface area contributed by atoms with E-state index >= 15 is 0 Å². The van der Waals surface area contributed by atoms with E-state index in [0.29, 0.717) is 11.5 Å². The van der Waals surface area contributed by atoms with Gasteiger partial charge >= 0.3 is 0 Å². The molecule has 3 heterocycles. The van der Waals surface area contributed by atoms with Crippen molar-refractivity contribution in [1.29, 1.82) is 0 Å². The van der Waals surface area contributed by atoms with Gasteiger partial charge in [-0.25, -0.2) is 9.97 Å². The standard InChI is InChI=1S/C15H23N5/c1-15(2,3)8-11-6-5-7-20(11)14-12-9-18-19(4)13(12)16-10-17-14/h9-11H,5-8H2,1-4H3/t11-/m0/s1. The lowest BCUT2D eigenvalue weighted by molar-refractivity contribution is 0.339. The maximum atomic E-state index is 4.54. The molecule has 1 fully saturated rings. The summed E-state index contributed by atoms with van der Waals surface area (Å²) in [5.41, 5.74) is 1.25. The third-order valence-electron chi connectivity index (χ3n) is 4.01. The van der Waals surface area contributed by atoms with E-state index in [-0.39, 0.29) is 0 Å². The summed E-state index contributed by atoms with van der Waals surface area (Å²) in [7, 11) is 1.93. The molecular formula is C15H23N5. The zero-order chi connectivity index (χ0) is 14.3. The predicted molar refractivity (Wildman–Crippen MR) is 80.7 cm³/mol. The summed E-state index contributed by atoms with van der Waals surface area (Å²) >= 11 is 0. The average Bonchev–Trinajstić information content (AvgIpc) is 2.95. The monoisotopic (exact) mass is 273 g/mol. The molecule has 108 valence electrons. The van der Waals surface area contributed by atoms with Crippen LogP contribution in [0.2, 0.25) is 0 Å². The van der Waals surface area contributed by atoms with Gasteiger partial charge in [-0.15, -0.1) is 0 Å². The van der Waals surface area contributed by atoms with Gasteiger partial charge in [-0.05, 0) is 24.7 Å². The first-order valence-electron chi connectivity index (χ1n) is 7.35. The quantitative estimate of drug-likeness (QED) is 0.844. The van der Waals surface area contributed by atoms with E-state index in [4.69, 9.17) is 0 Å². The van der Waals surface area contributed by atoms with Crippen molar-refractivity contribution in [2.45, 2.75) is 46.1 Å². The molecule has 1 aliphatic rings. The van der Waals surface area contributed by atoms with Crippen LogP contribution in [-0.2, 0) is 7.05 Å². The Bertz CT molecular complexity index is 610. The number of aryl methyl sites for hydroxylation is 1. The maximum Gasteiger partial charge on any atom is 0.163 e. The van der Waals surface area contributed by atoms with Crippen LogP contribution >= 0.6 is 0 Å². The van der Waals surface area contributed by atoms with Crippen molar-refractivity contribution >= 4 is 16.9 Å². The van der Waals surface area contributed by atoms with Crippen LogP contribution < -0.4 is 4.90 Å². The minimum Gasteiger partial charge on any atom is -0.353 e. The third-order valence-corrected chi connectivity index (χ3v) is 4.01. The zero-order valence-electron chi connectivity index (χ0n) is 12.8. The number of fused-ring (bicyclic) bond motifs is 1. The van der Waals surface area contributed by atoms with Crippen LogP contribution in [0.3, 0.4) is 0 Å². The highest BCUT2D eigenvalue weighted by Gasteiger charge is 2.30. The molecule has 0 bridgehead atoms. The normalized spacial score (nSPS) is 20.0. The van der Waals surface area contributed by atoms with Crippen molar-refractivity contribution in [3.63, 3.8) is 0 Å². The SMILES string of the molecule is Cn1ncc2c(N3CCC[C@H]3CC(C)(C)C)ncnc21. The predicted octanol–water partition coefficient (Wildman–Crippen LogP) is 2.77. The van der Waals surface area contributed by atoms with Crippen molar-refractivity contribution in [3.05, 3.63) is 12.5 Å². The molecule has 3 rings (SSSR count). The molecular weight excluding hydrogens is 250 g/mol. The molecule has 2 aromatic heterocycles. The van der Waals surface area contributed by atoms with E-state index in [1.165, 1.54) is 19.3 Å². The van der Waals surface area contributed by atoms with Crippen LogP contribution in [0.4, 0.5) is 5.82 Å². The topological polar surface area (TPSA) is 46.8 Å². The molecule has 0 unspecified atom stereocenters. The largest absolute Gasteiger partial charge is 0.353 e. The number of rotatable bonds is 2. The number of hydrogen-bond donors (Lipinski definition) is 0. The molecule has 0 radical (unpaired) electrons. The molecule has 2 aromatic rings. The van der Waals surface area contributed by atoms with Gasteiger partial charge in [-0.1, -0.05) is 20.8 Å². The molecule has 1 atom stereocenters. The van der Waals surface area contributed by atoms with E-state index < -0.39 is 0 Å². The molecule has 0 saturated carbocycles. The Kier molecular flexibility index (Phi) is 3.15. The minimum atomic E-state index is 0.342. The van der Waals surface area contributed by atoms with E-state index in [1.807, 2.05) is 17.9 Å². The molecule has 5 heteroatoms. The Labute approximate surface area is 120 Å². The Morgan fingerprint density at radius 3 is 2.85 bits per heavy atom. The van der Waals surface area contributed by atoms with Gasteiger partial charge in [0.1, 0.15) is 12.1 Å². The average molecular weight is 273 g/mol. The molecule has 1 saturated heterocycles. The van der Waals surface area contributed by atoms with Crippen molar-refractivity contribution in [2.75, 3.05) is 11.4 Å². The Morgan fingerprint density at radius 1 is 1.30 bits per heavy atom. The lowest BCUT2D eigenvalue weighted by atomic mass is 9.87. The summed E-state index contributed by atoms with van der Waals surface area (Å²) in [6.45, 7) is 8.01. The second kappa shape index (κ2) is 4.72. The third kappa shape index (κ3) is 2.37. The fraction of sp³-hybridized carbons (Fsp3) is 0.667. The summed E-state index contributed by atoms with van der Waals surface area (Å²) in [5, 5.41) is 5.38. The van der Waals surface area contributed by atoms with Crippen LogP contribution in [0.1, 0.15) is 40.0 Å². The first kappa shape index (κ1) is 13.3. The van der Waals surface area contributed by atoms with Crippen LogP contribution in [0.5, 0.6) is 0 Å². The van der Waals surface area contributed by atoms with Gasteiger partial charge in [0.2, 0.25) is 0 Å². The van der Waals surface area contributed by atoms with Crippen LogP contribution in [0, 0.1) is 5.41 Å². The molecule has 0 amide bonds. The summed E-state index contributed by atoms with van der Waals surface area (Å²) < 4.78 is 1.81. The second-order valence-corrected chi connectivity index (χ2v) is 6.96. The summed E-state index contributed by atoms with van der Waals surface area (Å²) in [6, 6.07) is 0.577. The summed E-state index contributed by atoms with van der Waals surface area (Å²) in [4.78, 5) is 11.3. The van der Waals surface area contributed by atoms with Gasteiger partial charge in [0.25, 0.3) is 0 Å². The lowest BCUT2D eigenvalue weighted by Crippen LogP contribution is -2.33. The van der Waals surface area contributed by atoms with Crippen molar-refractivity contribution in [1.82, 2.24) is 19.7 Å². The van der Waals surface area contributed by atoms with Crippen LogP contribution in [0.15, 0.2) is 12.5 Å². The number of anilines is 1. The van der Waals surface area contributed by atoms with Gasteiger partial charge in [0.15, 0.2) is 5.65 Å². The second-order valence-electron chi connectivity index (χ2n) is 6.96. The zero-order valence-corrected chi connectivity index (χ0v) is 12.8. The first-order chi connectivity index (χ1) is 9.46. The number of nitrogens with zero attached hydrogens (tertiary/aromatic N) is 5. The van der Waals surface area contributed by atoms with E-state index in [9.17, 15) is 0 Å².